The van der Waals surface area contributed by atoms with E-state index >= 15 is 0 Å². The van der Waals surface area contributed by atoms with Gasteiger partial charge in [0.2, 0.25) is 11.8 Å². The molecule has 170 valence electrons. The average Bonchev–Trinajstić information content (AvgIpc) is 3.61. The molecule has 33 heavy (non-hydrogen) atoms. The Morgan fingerprint density at radius 2 is 1.73 bits per heavy atom. The minimum atomic E-state index is -0.887. The Morgan fingerprint density at radius 3 is 2.45 bits per heavy atom. The Labute approximate surface area is 194 Å². The number of likely N-dealkylation sites (tertiary alicyclic amines) is 1. The van der Waals surface area contributed by atoms with Crippen LogP contribution >= 0.6 is 0 Å². The number of hydrogen-bond acceptors (Lipinski definition) is 3. The molecule has 4 aliphatic rings. The van der Waals surface area contributed by atoms with E-state index in [1.807, 2.05) is 47.4 Å². The quantitative estimate of drug-likeness (QED) is 0.696. The van der Waals surface area contributed by atoms with Crippen molar-refractivity contribution in [3.05, 3.63) is 83.9 Å². The van der Waals surface area contributed by atoms with E-state index in [0.717, 1.165) is 36.8 Å². The summed E-state index contributed by atoms with van der Waals surface area (Å²) >= 11 is 0. The van der Waals surface area contributed by atoms with E-state index in [0.29, 0.717) is 13.0 Å². The van der Waals surface area contributed by atoms with Crippen LogP contribution in [0.15, 0.2) is 72.8 Å². The summed E-state index contributed by atoms with van der Waals surface area (Å²) in [7, 11) is 0. The second-order valence-electron chi connectivity index (χ2n) is 9.87. The average molecular weight is 443 g/mol. The van der Waals surface area contributed by atoms with Gasteiger partial charge in [0.05, 0.1) is 12.0 Å². The van der Waals surface area contributed by atoms with Crippen LogP contribution in [0.5, 0.6) is 0 Å². The minimum Gasteiger partial charge on any atom is -0.359 e. The fourth-order valence-electron chi connectivity index (χ4n) is 6.51. The molecule has 3 aliphatic heterocycles. The molecule has 5 nitrogen and oxygen atoms in total. The number of benzene rings is 2. The van der Waals surface area contributed by atoms with E-state index in [9.17, 15) is 9.59 Å². The van der Waals surface area contributed by atoms with E-state index in [2.05, 4.69) is 35.7 Å². The summed E-state index contributed by atoms with van der Waals surface area (Å²) in [4.78, 5) is 29.5. The zero-order chi connectivity index (χ0) is 22.4. The van der Waals surface area contributed by atoms with Crippen LogP contribution in [-0.2, 0) is 20.7 Å². The van der Waals surface area contributed by atoms with Crippen molar-refractivity contribution in [1.82, 2.24) is 10.2 Å². The lowest BCUT2D eigenvalue weighted by atomic mass is 9.72. The predicted molar refractivity (Wildman–Crippen MR) is 125 cm³/mol. The Kier molecular flexibility index (Phi) is 5.10. The molecule has 6 rings (SSSR count). The summed E-state index contributed by atoms with van der Waals surface area (Å²) in [6, 6.07) is 19.9. The van der Waals surface area contributed by atoms with Crippen molar-refractivity contribution in [2.75, 3.05) is 6.54 Å². The maximum atomic E-state index is 14.0. The van der Waals surface area contributed by atoms with Crippen molar-refractivity contribution in [3.63, 3.8) is 0 Å². The lowest BCUT2D eigenvalue weighted by Gasteiger charge is -2.33. The topological polar surface area (TPSA) is 58.6 Å². The van der Waals surface area contributed by atoms with Gasteiger partial charge in [0.15, 0.2) is 0 Å². The van der Waals surface area contributed by atoms with Crippen molar-refractivity contribution in [3.8, 4) is 0 Å². The van der Waals surface area contributed by atoms with Crippen molar-refractivity contribution in [2.24, 2.45) is 5.92 Å². The zero-order valence-electron chi connectivity index (χ0n) is 18.7. The minimum absolute atomic E-state index is 0.0400. The molecule has 2 amide bonds. The molecule has 1 N–H and O–H groups in total. The summed E-state index contributed by atoms with van der Waals surface area (Å²) in [5.74, 6) is -0.458. The lowest BCUT2D eigenvalue weighted by molar-refractivity contribution is -0.139. The standard InChI is InChI=1S/C28H30N2O3/c31-26(29-21-13-7-8-14-21)25-28-17-15-22(33-28)23(20-11-5-2-6-12-20)24(28)27(32)30(25)18-16-19-9-3-1-4-10-19/h1-6,9-12,15,17,21-25H,7-8,13-14,16,18H2,(H,29,31)/t22-,23+,24-,25+,28-/m1/s1. The number of hydrogen-bond donors (Lipinski definition) is 1. The summed E-state index contributed by atoms with van der Waals surface area (Å²) in [5.41, 5.74) is 1.38. The van der Waals surface area contributed by atoms with E-state index in [4.69, 9.17) is 4.74 Å². The molecule has 2 bridgehead atoms. The number of ether oxygens (including phenoxy) is 1. The molecule has 1 saturated carbocycles. The maximum absolute atomic E-state index is 14.0. The highest BCUT2D eigenvalue weighted by molar-refractivity contribution is 5.97. The summed E-state index contributed by atoms with van der Waals surface area (Å²) in [6.07, 6.45) is 8.95. The molecule has 2 saturated heterocycles. The molecule has 2 aromatic rings. The molecule has 2 aromatic carbocycles. The van der Waals surface area contributed by atoms with Crippen molar-refractivity contribution in [1.29, 1.82) is 0 Å². The van der Waals surface area contributed by atoms with Gasteiger partial charge in [-0.15, -0.1) is 0 Å². The number of fused-ring (bicyclic) bond motifs is 1. The molecular weight excluding hydrogens is 412 g/mol. The number of carbonyl (C=O) groups excluding carboxylic acids is 2. The van der Waals surface area contributed by atoms with Gasteiger partial charge in [0.1, 0.15) is 11.6 Å². The van der Waals surface area contributed by atoms with E-state index in [1.165, 1.54) is 0 Å². The molecular formula is C28H30N2O3. The third-order valence-electron chi connectivity index (χ3n) is 7.99. The van der Waals surface area contributed by atoms with Crippen LogP contribution in [0.1, 0.15) is 42.7 Å². The molecule has 3 heterocycles. The lowest BCUT2D eigenvalue weighted by Crippen LogP contribution is -2.56. The Hall–Kier alpha value is -2.92. The van der Waals surface area contributed by atoms with Crippen molar-refractivity contribution >= 4 is 11.8 Å². The van der Waals surface area contributed by atoms with Gasteiger partial charge in [-0.25, -0.2) is 0 Å². The molecule has 3 fully saturated rings. The predicted octanol–water partition coefficient (Wildman–Crippen LogP) is 3.61. The van der Waals surface area contributed by atoms with Crippen molar-refractivity contribution < 1.29 is 14.3 Å². The highest BCUT2D eigenvalue weighted by Gasteiger charge is 2.71. The van der Waals surface area contributed by atoms with Gasteiger partial charge in [0, 0.05) is 18.5 Å². The maximum Gasteiger partial charge on any atom is 0.246 e. The molecule has 1 aliphatic carbocycles. The summed E-state index contributed by atoms with van der Waals surface area (Å²) < 4.78 is 6.57. The number of rotatable bonds is 6. The third-order valence-corrected chi connectivity index (χ3v) is 7.99. The molecule has 5 atom stereocenters. The van der Waals surface area contributed by atoms with Crippen LogP contribution in [0.3, 0.4) is 0 Å². The fourth-order valence-corrected chi connectivity index (χ4v) is 6.51. The number of carbonyl (C=O) groups is 2. The Morgan fingerprint density at radius 1 is 1.03 bits per heavy atom. The molecule has 0 aromatic heterocycles. The number of nitrogens with one attached hydrogen (secondary N) is 1. The normalized spacial score (nSPS) is 32.5. The van der Waals surface area contributed by atoms with Crippen LogP contribution in [0.2, 0.25) is 0 Å². The van der Waals surface area contributed by atoms with Gasteiger partial charge in [-0.1, -0.05) is 85.7 Å². The summed E-state index contributed by atoms with van der Waals surface area (Å²) in [5, 5.41) is 3.27. The Balaban J connectivity index is 1.35. The van der Waals surface area contributed by atoms with Crippen LogP contribution in [0.4, 0.5) is 0 Å². The van der Waals surface area contributed by atoms with Gasteiger partial charge in [-0.05, 0) is 30.4 Å². The third kappa shape index (κ3) is 3.33. The monoisotopic (exact) mass is 442 g/mol. The van der Waals surface area contributed by atoms with Crippen molar-refractivity contribution in [2.45, 2.75) is 61.8 Å². The second kappa shape index (κ2) is 8.14. The van der Waals surface area contributed by atoms with E-state index in [-0.39, 0.29) is 35.8 Å². The highest BCUT2D eigenvalue weighted by atomic mass is 16.5. The summed E-state index contributed by atoms with van der Waals surface area (Å²) in [6.45, 7) is 0.507. The van der Waals surface area contributed by atoms with E-state index in [1.54, 1.807) is 0 Å². The highest BCUT2D eigenvalue weighted by Crippen LogP contribution is 2.58. The Bertz CT molecular complexity index is 1060. The first-order valence-corrected chi connectivity index (χ1v) is 12.2. The van der Waals surface area contributed by atoms with Crippen LogP contribution in [0, 0.1) is 5.92 Å². The molecule has 0 radical (unpaired) electrons. The van der Waals surface area contributed by atoms with Gasteiger partial charge in [0.25, 0.3) is 0 Å². The largest absolute Gasteiger partial charge is 0.359 e. The zero-order valence-corrected chi connectivity index (χ0v) is 18.7. The first-order chi connectivity index (χ1) is 16.2. The van der Waals surface area contributed by atoms with Gasteiger partial charge in [-0.2, -0.15) is 0 Å². The number of amides is 2. The van der Waals surface area contributed by atoms with Crippen LogP contribution in [-0.4, -0.2) is 47.0 Å². The van der Waals surface area contributed by atoms with Crippen LogP contribution < -0.4 is 5.32 Å². The second-order valence-corrected chi connectivity index (χ2v) is 9.87. The molecule has 0 unspecified atom stereocenters. The fraction of sp³-hybridized carbons (Fsp3) is 0.429. The first-order valence-electron chi connectivity index (χ1n) is 12.2. The van der Waals surface area contributed by atoms with Gasteiger partial charge in [-0.3, -0.25) is 9.59 Å². The number of nitrogens with zero attached hydrogens (tertiary/aromatic N) is 1. The van der Waals surface area contributed by atoms with E-state index < -0.39 is 11.6 Å². The SMILES string of the molecule is O=C(NC1CCCC1)[C@@H]1N(CCc2ccccc2)C(=O)[C@H]2[C@@H](c3ccccc3)[C@H]3C=C[C@]12O3. The van der Waals surface area contributed by atoms with Gasteiger partial charge >= 0.3 is 0 Å². The molecule has 5 heteroatoms. The smallest absolute Gasteiger partial charge is 0.246 e. The van der Waals surface area contributed by atoms with Gasteiger partial charge < -0.3 is 15.0 Å². The van der Waals surface area contributed by atoms with Crippen LogP contribution in [0.25, 0.3) is 0 Å². The molecule has 1 spiro atoms. The first kappa shape index (κ1) is 20.7.